The second-order valence-electron chi connectivity index (χ2n) is 14.7. The average molecular weight is 650 g/mol. The van der Waals surface area contributed by atoms with Crippen LogP contribution in [0, 0.1) is 18.8 Å². The van der Waals surface area contributed by atoms with Crippen molar-refractivity contribution in [1.82, 2.24) is 0 Å². The lowest BCUT2D eigenvalue weighted by atomic mass is 9.74. The van der Waals surface area contributed by atoms with E-state index in [2.05, 4.69) is 173 Å². The first-order valence-corrected chi connectivity index (χ1v) is 18.3. The summed E-state index contributed by atoms with van der Waals surface area (Å²) in [7, 11) is 0. The summed E-state index contributed by atoms with van der Waals surface area (Å²) < 4.78 is 2.51. The van der Waals surface area contributed by atoms with Crippen molar-refractivity contribution in [2.75, 3.05) is 11.9 Å². The molecule has 0 fully saturated rings. The summed E-state index contributed by atoms with van der Waals surface area (Å²) in [5.41, 5.74) is 10.8. The fourth-order valence-electron chi connectivity index (χ4n) is 7.90. The van der Waals surface area contributed by atoms with Crippen LogP contribution in [0.15, 0.2) is 127 Å². The summed E-state index contributed by atoms with van der Waals surface area (Å²) in [5, 5.41) is 3.74. The smallest absolute Gasteiger partial charge is 0.209 e. The van der Waals surface area contributed by atoms with Crippen LogP contribution in [-0.4, -0.2) is 22.6 Å². The number of allylic oxidation sites excluding steroid dienone is 10. The van der Waals surface area contributed by atoms with Gasteiger partial charge in [-0.15, -0.1) is 0 Å². The molecule has 252 valence electrons. The molecule has 6 rings (SSSR count). The second kappa shape index (κ2) is 14.5. The molecule has 2 aliphatic heterocycles. The Hall–Kier alpha value is -4.50. The number of carbonyl (C=O) groups excluding carboxylic acids is 1. The van der Waals surface area contributed by atoms with E-state index in [0.29, 0.717) is 24.5 Å². The number of aryl methyl sites for hydroxylation is 1. The number of hydrogen-bond acceptors (Lipinski definition) is 2. The number of rotatable bonds is 12. The van der Waals surface area contributed by atoms with Crippen LogP contribution in [0.25, 0.3) is 11.1 Å². The number of ketones is 1. The predicted octanol–water partition coefficient (Wildman–Crippen LogP) is 11.3. The topological polar surface area (TPSA) is 32.1 Å². The first-order chi connectivity index (χ1) is 23.7. The van der Waals surface area contributed by atoms with Crippen molar-refractivity contribution in [1.29, 1.82) is 0 Å². The molecule has 49 heavy (non-hydrogen) atoms. The number of benzene rings is 3. The van der Waals surface area contributed by atoms with E-state index in [0.717, 1.165) is 25.8 Å². The summed E-state index contributed by atoms with van der Waals surface area (Å²) in [6.45, 7) is 14.3. The third kappa shape index (κ3) is 6.99. The largest absolute Gasteiger partial charge is 0.358 e. The Morgan fingerprint density at radius 1 is 0.918 bits per heavy atom. The molecular formula is C46H53N2O+. The van der Waals surface area contributed by atoms with Crippen molar-refractivity contribution >= 4 is 22.9 Å². The van der Waals surface area contributed by atoms with Gasteiger partial charge in [-0.05, 0) is 87.4 Å². The van der Waals surface area contributed by atoms with Gasteiger partial charge >= 0.3 is 0 Å². The molecule has 3 heteroatoms. The van der Waals surface area contributed by atoms with Crippen molar-refractivity contribution in [3.05, 3.63) is 144 Å². The van der Waals surface area contributed by atoms with Crippen molar-refractivity contribution in [3.8, 4) is 11.1 Å². The molecule has 0 bridgehead atoms. The maximum Gasteiger partial charge on any atom is 0.209 e. The number of fused-ring (bicyclic) bond motifs is 2. The zero-order valence-corrected chi connectivity index (χ0v) is 30.3. The maximum absolute atomic E-state index is 13.6. The summed E-state index contributed by atoms with van der Waals surface area (Å²) >= 11 is 0. The number of anilines is 1. The first-order valence-electron chi connectivity index (χ1n) is 18.3. The molecule has 0 radical (unpaired) electrons. The van der Waals surface area contributed by atoms with Gasteiger partial charge in [0.05, 0.1) is 5.41 Å². The number of carbonyl (C=O) groups is 1. The fourth-order valence-corrected chi connectivity index (χ4v) is 7.90. The van der Waals surface area contributed by atoms with E-state index in [1.807, 2.05) is 0 Å². The van der Waals surface area contributed by atoms with Crippen molar-refractivity contribution in [2.45, 2.75) is 84.5 Å². The lowest BCUT2D eigenvalue weighted by molar-refractivity contribution is -0.437. The van der Waals surface area contributed by atoms with Gasteiger partial charge in [0.25, 0.3) is 0 Å². The molecule has 0 saturated heterocycles. The van der Waals surface area contributed by atoms with E-state index in [4.69, 9.17) is 0 Å². The fraction of sp³-hybridized carbons (Fsp3) is 0.348. The van der Waals surface area contributed by atoms with Crippen LogP contribution >= 0.6 is 0 Å². The van der Waals surface area contributed by atoms with Gasteiger partial charge in [-0.3, -0.25) is 4.79 Å². The Morgan fingerprint density at radius 2 is 1.65 bits per heavy atom. The van der Waals surface area contributed by atoms with Gasteiger partial charge in [-0.25, -0.2) is 0 Å². The van der Waals surface area contributed by atoms with E-state index in [1.165, 1.54) is 50.6 Å². The van der Waals surface area contributed by atoms with E-state index in [9.17, 15) is 4.79 Å². The molecular weight excluding hydrogens is 597 g/mol. The number of para-hydroxylation sites is 1. The van der Waals surface area contributed by atoms with Gasteiger partial charge < -0.3 is 5.32 Å². The Balaban J connectivity index is 1.37. The van der Waals surface area contributed by atoms with Crippen molar-refractivity contribution in [3.63, 3.8) is 0 Å². The van der Waals surface area contributed by atoms with E-state index >= 15 is 0 Å². The highest BCUT2D eigenvalue weighted by molar-refractivity contribution is 6.04. The summed E-state index contributed by atoms with van der Waals surface area (Å²) in [6, 6.07) is 24.5. The normalized spacial score (nSPS) is 25.1. The quantitative estimate of drug-likeness (QED) is 0.156. The van der Waals surface area contributed by atoms with Gasteiger partial charge in [0.2, 0.25) is 5.69 Å². The van der Waals surface area contributed by atoms with Crippen LogP contribution in [0.5, 0.6) is 0 Å². The van der Waals surface area contributed by atoms with E-state index in [-0.39, 0.29) is 16.7 Å². The maximum atomic E-state index is 13.6. The lowest BCUT2D eigenvalue weighted by Gasteiger charge is -2.25. The summed E-state index contributed by atoms with van der Waals surface area (Å²) in [4.78, 5) is 13.6. The number of hydrogen-bond donors (Lipinski definition) is 1. The minimum Gasteiger partial charge on any atom is -0.358 e. The molecule has 1 aliphatic carbocycles. The molecule has 3 aliphatic rings. The Labute approximate surface area is 294 Å². The molecule has 2 unspecified atom stereocenters. The second-order valence-corrected chi connectivity index (χ2v) is 14.7. The first kappa shape index (κ1) is 34.4. The van der Waals surface area contributed by atoms with Gasteiger partial charge in [0, 0.05) is 59.7 Å². The Morgan fingerprint density at radius 3 is 2.39 bits per heavy atom. The molecule has 3 aromatic carbocycles. The monoisotopic (exact) mass is 649 g/mol. The Bertz CT molecular complexity index is 1870. The third-order valence-electron chi connectivity index (χ3n) is 10.9. The minimum absolute atomic E-state index is 0.127. The van der Waals surface area contributed by atoms with Gasteiger partial charge in [0.15, 0.2) is 5.71 Å². The molecule has 3 nitrogen and oxygen atoms in total. The van der Waals surface area contributed by atoms with Gasteiger partial charge in [-0.1, -0.05) is 104 Å². The minimum atomic E-state index is -0.317. The number of nitrogens with one attached hydrogen (secondary N) is 1. The molecule has 0 amide bonds. The van der Waals surface area contributed by atoms with Crippen molar-refractivity contribution in [2.24, 2.45) is 11.8 Å². The third-order valence-corrected chi connectivity index (χ3v) is 10.9. The molecule has 0 spiro atoms. The van der Waals surface area contributed by atoms with E-state index < -0.39 is 0 Å². The average Bonchev–Trinajstić information content (AvgIpc) is 3.51. The van der Waals surface area contributed by atoms with Gasteiger partial charge in [0.1, 0.15) is 12.3 Å². The highest BCUT2D eigenvalue weighted by atomic mass is 16.1. The summed E-state index contributed by atoms with van der Waals surface area (Å²) in [6.07, 6.45) is 24.0. The van der Waals surface area contributed by atoms with Crippen LogP contribution in [0.4, 0.5) is 11.4 Å². The molecule has 3 aromatic rings. The number of nitrogens with zero attached hydrogens (tertiary/aromatic N) is 1. The summed E-state index contributed by atoms with van der Waals surface area (Å²) in [5.74, 6) is 0.978. The van der Waals surface area contributed by atoms with Crippen LogP contribution in [-0.2, 0) is 15.6 Å². The molecule has 2 atom stereocenters. The Kier molecular flexibility index (Phi) is 10.2. The molecule has 1 N–H and O–H groups in total. The van der Waals surface area contributed by atoms with Crippen LogP contribution in [0.3, 0.4) is 0 Å². The predicted molar refractivity (Wildman–Crippen MR) is 208 cm³/mol. The van der Waals surface area contributed by atoms with Crippen LogP contribution in [0.2, 0.25) is 0 Å². The van der Waals surface area contributed by atoms with Crippen LogP contribution < -0.4 is 5.32 Å². The SMILES string of the molecule is C/C=C/CC1(C)/C(=C/C=C/C2=[N+](CCC)c3ccc(-c4ccc(C)cc4)cc3C2(C)CCC(=O)CC2C=CC(C)C=C2)Nc2ccccc21. The zero-order valence-electron chi connectivity index (χ0n) is 30.3. The van der Waals surface area contributed by atoms with Crippen LogP contribution in [0.1, 0.15) is 83.4 Å². The standard InChI is InChI=1S/C46H52N2O/c1-7-9-28-45(5)39-13-10-11-14-41(39)47-43(45)15-12-16-44-46(6,29-27-38(49)31-35-21-17-33(3)18-22-35)40-32-37(36-23-19-34(4)20-24-36)25-26-42(40)48(44)30-8-2/h7,9-26,32-33,35H,8,27-31H2,1-6H3/p+1/b9-7+. The van der Waals surface area contributed by atoms with E-state index in [1.54, 1.807) is 0 Å². The number of Topliss-reactive ketones (excluding diaryl/α,β-unsaturated/α-hetero) is 1. The molecule has 2 heterocycles. The highest BCUT2D eigenvalue weighted by Crippen LogP contribution is 2.47. The zero-order chi connectivity index (χ0) is 34.6. The molecule has 0 aromatic heterocycles. The molecule has 0 saturated carbocycles. The highest BCUT2D eigenvalue weighted by Gasteiger charge is 2.47. The van der Waals surface area contributed by atoms with Crippen molar-refractivity contribution < 1.29 is 9.37 Å². The lowest BCUT2D eigenvalue weighted by Crippen LogP contribution is -2.32. The van der Waals surface area contributed by atoms with Gasteiger partial charge in [-0.2, -0.15) is 4.58 Å².